The van der Waals surface area contributed by atoms with Crippen LogP contribution >= 0.6 is 0 Å². The van der Waals surface area contributed by atoms with Crippen LogP contribution in [0.2, 0.25) is 0 Å². The van der Waals surface area contributed by atoms with Crippen LogP contribution in [0.15, 0.2) is 23.3 Å². The lowest BCUT2D eigenvalue weighted by atomic mass is 9.86. The number of aliphatic hydroxyl groups is 2. The fourth-order valence-electron chi connectivity index (χ4n) is 3.86. The van der Waals surface area contributed by atoms with Crippen molar-refractivity contribution in [3.63, 3.8) is 0 Å². The highest BCUT2D eigenvalue weighted by Crippen LogP contribution is 2.45. The Morgan fingerprint density at radius 3 is 2.64 bits per heavy atom. The molecule has 3 heterocycles. The van der Waals surface area contributed by atoms with E-state index in [1.54, 1.807) is 6.92 Å². The van der Waals surface area contributed by atoms with Crippen LogP contribution in [-0.4, -0.2) is 45.7 Å². The van der Waals surface area contributed by atoms with Crippen molar-refractivity contribution in [3.05, 3.63) is 23.3 Å². The number of allylic oxidation sites excluding steroid dienone is 2. The summed E-state index contributed by atoms with van der Waals surface area (Å²) in [6, 6.07) is 0. The maximum absolute atomic E-state index is 12.5. The Bertz CT molecular complexity index is 607. The van der Waals surface area contributed by atoms with E-state index in [2.05, 4.69) is 13.8 Å². The lowest BCUT2D eigenvalue weighted by molar-refractivity contribution is -0.167. The van der Waals surface area contributed by atoms with Crippen molar-refractivity contribution in [2.24, 2.45) is 5.92 Å². The van der Waals surface area contributed by atoms with Gasteiger partial charge < -0.3 is 19.7 Å². The predicted molar refractivity (Wildman–Crippen MR) is 93.9 cm³/mol. The van der Waals surface area contributed by atoms with Gasteiger partial charge in [-0.2, -0.15) is 0 Å². The molecule has 5 heteroatoms. The van der Waals surface area contributed by atoms with Gasteiger partial charge in [-0.1, -0.05) is 31.6 Å². The Kier molecular flexibility index (Phi) is 4.86. The second-order valence-electron chi connectivity index (χ2n) is 8.35. The quantitative estimate of drug-likeness (QED) is 0.432. The third-order valence-corrected chi connectivity index (χ3v) is 6.12. The molecule has 140 valence electrons. The average molecular weight is 350 g/mol. The standard InChI is InChI=1S/C20H30O5/c1-12(2)14-8-7-13-6-5-9-19(3,25-18(13)23)15(21)11-17-20(4,24-17)16(22)10-14/h6,10,12,15-17,21-22H,5,7-9,11H2,1-4H3. The third-order valence-electron chi connectivity index (χ3n) is 6.12. The fraction of sp³-hybridized carbons (Fsp3) is 0.750. The summed E-state index contributed by atoms with van der Waals surface area (Å²) in [7, 11) is 0. The number of epoxide rings is 1. The third kappa shape index (κ3) is 3.55. The predicted octanol–water partition coefficient (Wildman–Crippen LogP) is 2.65. The average Bonchev–Trinajstić information content (AvgIpc) is 3.21. The number of carbonyl (C=O) groups is 1. The molecule has 0 aromatic carbocycles. The lowest BCUT2D eigenvalue weighted by Crippen LogP contribution is -2.44. The molecule has 0 aromatic rings. The van der Waals surface area contributed by atoms with Crippen molar-refractivity contribution < 1.29 is 24.5 Å². The molecule has 3 aliphatic rings. The molecule has 2 N–H and O–H groups in total. The van der Waals surface area contributed by atoms with Crippen molar-refractivity contribution in [1.82, 2.24) is 0 Å². The number of hydrogen-bond acceptors (Lipinski definition) is 5. The minimum atomic E-state index is -0.921. The minimum absolute atomic E-state index is 0.242. The first-order chi connectivity index (χ1) is 11.7. The first-order valence-electron chi connectivity index (χ1n) is 9.32. The van der Waals surface area contributed by atoms with Crippen LogP contribution in [0.4, 0.5) is 0 Å². The van der Waals surface area contributed by atoms with Crippen molar-refractivity contribution in [2.45, 2.75) is 89.3 Å². The summed E-state index contributed by atoms with van der Waals surface area (Å²) >= 11 is 0. The molecular weight excluding hydrogens is 320 g/mol. The van der Waals surface area contributed by atoms with Gasteiger partial charge in [0.25, 0.3) is 0 Å². The van der Waals surface area contributed by atoms with E-state index in [1.165, 1.54) is 0 Å². The molecule has 0 amide bonds. The topological polar surface area (TPSA) is 79.3 Å². The van der Waals surface area contributed by atoms with Crippen LogP contribution in [0.3, 0.4) is 0 Å². The van der Waals surface area contributed by atoms with Gasteiger partial charge in [0.05, 0.1) is 12.2 Å². The zero-order valence-electron chi connectivity index (χ0n) is 15.6. The van der Waals surface area contributed by atoms with Crippen LogP contribution < -0.4 is 0 Å². The van der Waals surface area contributed by atoms with E-state index >= 15 is 0 Å². The summed E-state index contributed by atoms with van der Waals surface area (Å²) in [5, 5.41) is 21.4. The molecule has 0 saturated carbocycles. The first kappa shape index (κ1) is 18.6. The summed E-state index contributed by atoms with van der Waals surface area (Å²) in [5.74, 6) is -0.0553. The molecule has 0 spiro atoms. The molecule has 2 bridgehead atoms. The van der Waals surface area contributed by atoms with E-state index in [0.29, 0.717) is 37.7 Å². The van der Waals surface area contributed by atoms with Gasteiger partial charge in [0.2, 0.25) is 0 Å². The Balaban J connectivity index is 1.94. The number of carbonyl (C=O) groups excluding carboxylic acids is 1. The SMILES string of the molecule is CC(C)C1=CC(O)C2(C)OC2CC(O)C2(C)CCC=C(CC1)C(=O)O2. The van der Waals surface area contributed by atoms with E-state index < -0.39 is 23.4 Å². The normalized spacial score (nSPS) is 42.2. The number of aliphatic hydroxyl groups excluding tert-OH is 2. The highest BCUT2D eigenvalue weighted by molar-refractivity contribution is 5.89. The zero-order chi connectivity index (χ0) is 18.4. The monoisotopic (exact) mass is 350 g/mol. The number of esters is 1. The lowest BCUT2D eigenvalue weighted by Gasteiger charge is -2.33. The van der Waals surface area contributed by atoms with Gasteiger partial charge in [0.15, 0.2) is 0 Å². The molecule has 1 fully saturated rings. The fourth-order valence-corrected chi connectivity index (χ4v) is 3.86. The Morgan fingerprint density at radius 1 is 1.24 bits per heavy atom. The molecule has 25 heavy (non-hydrogen) atoms. The molecule has 0 aliphatic carbocycles. The van der Waals surface area contributed by atoms with Gasteiger partial charge in [0, 0.05) is 12.0 Å². The molecule has 5 nitrogen and oxygen atoms in total. The van der Waals surface area contributed by atoms with Gasteiger partial charge >= 0.3 is 5.97 Å². The van der Waals surface area contributed by atoms with E-state index in [-0.39, 0.29) is 18.0 Å². The number of fused-ring (bicyclic) bond motifs is 4. The second-order valence-corrected chi connectivity index (χ2v) is 8.35. The Labute approximate surface area is 149 Å². The van der Waals surface area contributed by atoms with Gasteiger partial charge in [-0.15, -0.1) is 0 Å². The highest BCUT2D eigenvalue weighted by atomic mass is 16.6. The molecule has 0 aromatic heterocycles. The largest absolute Gasteiger partial charge is 0.453 e. The summed E-state index contributed by atoms with van der Waals surface area (Å²) < 4.78 is 11.5. The van der Waals surface area contributed by atoms with E-state index in [0.717, 1.165) is 5.57 Å². The molecule has 3 rings (SSSR count). The number of ether oxygens (including phenoxy) is 2. The van der Waals surface area contributed by atoms with Crippen LogP contribution in [0.25, 0.3) is 0 Å². The molecule has 3 aliphatic heterocycles. The van der Waals surface area contributed by atoms with Crippen LogP contribution in [0.1, 0.15) is 59.8 Å². The van der Waals surface area contributed by atoms with Crippen LogP contribution in [0, 0.1) is 5.92 Å². The zero-order valence-corrected chi connectivity index (χ0v) is 15.6. The Morgan fingerprint density at radius 2 is 1.96 bits per heavy atom. The van der Waals surface area contributed by atoms with Crippen molar-refractivity contribution in [3.8, 4) is 0 Å². The summed E-state index contributed by atoms with van der Waals surface area (Å²) in [5.41, 5.74) is 0.186. The molecule has 0 radical (unpaired) electrons. The van der Waals surface area contributed by atoms with E-state index in [9.17, 15) is 15.0 Å². The van der Waals surface area contributed by atoms with Gasteiger partial charge in [0.1, 0.15) is 17.3 Å². The minimum Gasteiger partial charge on any atom is -0.453 e. The molecule has 5 unspecified atom stereocenters. The van der Waals surface area contributed by atoms with Gasteiger partial charge in [-0.3, -0.25) is 0 Å². The maximum atomic E-state index is 12.5. The second kappa shape index (κ2) is 6.53. The van der Waals surface area contributed by atoms with Crippen molar-refractivity contribution in [1.29, 1.82) is 0 Å². The molecule has 1 saturated heterocycles. The first-order valence-corrected chi connectivity index (χ1v) is 9.32. The van der Waals surface area contributed by atoms with Gasteiger partial charge in [-0.05, 0) is 45.4 Å². The Hall–Kier alpha value is -1.17. The molecule has 5 atom stereocenters. The smallest absolute Gasteiger partial charge is 0.334 e. The molecular formula is C20H30O5. The van der Waals surface area contributed by atoms with Crippen LogP contribution in [0.5, 0.6) is 0 Å². The number of rotatable bonds is 1. The van der Waals surface area contributed by atoms with E-state index in [4.69, 9.17) is 9.47 Å². The maximum Gasteiger partial charge on any atom is 0.334 e. The summed E-state index contributed by atoms with van der Waals surface area (Å²) in [6.45, 7) is 7.85. The highest BCUT2D eigenvalue weighted by Gasteiger charge is 2.58. The summed E-state index contributed by atoms with van der Waals surface area (Å²) in [4.78, 5) is 12.5. The van der Waals surface area contributed by atoms with E-state index in [1.807, 2.05) is 19.1 Å². The number of hydrogen-bond donors (Lipinski definition) is 2. The van der Waals surface area contributed by atoms with Crippen molar-refractivity contribution >= 4 is 5.97 Å². The summed E-state index contributed by atoms with van der Waals surface area (Å²) in [6.07, 6.45) is 4.97. The van der Waals surface area contributed by atoms with Crippen molar-refractivity contribution in [2.75, 3.05) is 0 Å². The van der Waals surface area contributed by atoms with Crippen LogP contribution in [-0.2, 0) is 14.3 Å². The van der Waals surface area contributed by atoms with Gasteiger partial charge in [-0.25, -0.2) is 4.79 Å².